The standard InChI is InChI=1S/C24H48O2/c1-4-7-10-13-16-19-23(20-17-14-11-8-5-2)22-24(25)26-21-18-15-12-9-6-3/h23H,4-22H2,1-3H3. The molecule has 0 N–H and O–H groups in total. The number of carbonyl (C=O) groups excluding carboxylic acids is 1. The van der Waals surface area contributed by atoms with Crippen LogP contribution in [0.2, 0.25) is 0 Å². The van der Waals surface area contributed by atoms with E-state index in [9.17, 15) is 4.79 Å². The average Bonchev–Trinajstić information content (AvgIpc) is 2.64. The molecule has 0 aliphatic heterocycles. The summed E-state index contributed by atoms with van der Waals surface area (Å²) in [6.07, 6.45) is 22.3. The molecule has 26 heavy (non-hydrogen) atoms. The highest BCUT2D eigenvalue weighted by Crippen LogP contribution is 2.22. The Morgan fingerprint density at radius 2 is 1.04 bits per heavy atom. The van der Waals surface area contributed by atoms with E-state index in [2.05, 4.69) is 20.8 Å². The Bertz CT molecular complexity index is 274. The van der Waals surface area contributed by atoms with E-state index in [0.717, 1.165) is 6.42 Å². The molecule has 0 unspecified atom stereocenters. The lowest BCUT2D eigenvalue weighted by Gasteiger charge is -2.16. The van der Waals surface area contributed by atoms with Crippen molar-refractivity contribution in [2.45, 2.75) is 136 Å². The third-order valence-corrected chi connectivity index (χ3v) is 5.40. The summed E-state index contributed by atoms with van der Waals surface area (Å²) in [5, 5.41) is 0. The molecule has 156 valence electrons. The minimum atomic E-state index is 0.0487. The lowest BCUT2D eigenvalue weighted by Crippen LogP contribution is -2.13. The van der Waals surface area contributed by atoms with E-state index >= 15 is 0 Å². The van der Waals surface area contributed by atoms with E-state index in [0.29, 0.717) is 18.9 Å². The molecular weight excluding hydrogens is 320 g/mol. The summed E-state index contributed by atoms with van der Waals surface area (Å²) in [5.41, 5.74) is 0. The van der Waals surface area contributed by atoms with Crippen molar-refractivity contribution in [1.29, 1.82) is 0 Å². The second kappa shape index (κ2) is 20.8. The van der Waals surface area contributed by atoms with Crippen molar-refractivity contribution < 1.29 is 9.53 Å². The molecule has 0 saturated heterocycles. The third-order valence-electron chi connectivity index (χ3n) is 5.40. The monoisotopic (exact) mass is 368 g/mol. The zero-order chi connectivity index (χ0) is 19.3. The van der Waals surface area contributed by atoms with Crippen molar-refractivity contribution in [1.82, 2.24) is 0 Å². The SMILES string of the molecule is CCCCCCCOC(=O)CC(CCCCCCC)CCCCCCC. The Morgan fingerprint density at radius 3 is 1.50 bits per heavy atom. The van der Waals surface area contributed by atoms with Crippen LogP contribution in [-0.4, -0.2) is 12.6 Å². The van der Waals surface area contributed by atoms with Gasteiger partial charge in [-0.1, -0.05) is 111 Å². The third kappa shape index (κ3) is 18.3. The number of carbonyl (C=O) groups is 1. The highest BCUT2D eigenvalue weighted by atomic mass is 16.5. The molecule has 2 nitrogen and oxygen atoms in total. The molecule has 0 aromatic rings. The molecule has 0 aromatic carbocycles. The Balaban J connectivity index is 3.95. The molecule has 0 saturated carbocycles. The van der Waals surface area contributed by atoms with E-state index in [4.69, 9.17) is 4.74 Å². The topological polar surface area (TPSA) is 26.3 Å². The lowest BCUT2D eigenvalue weighted by atomic mass is 9.91. The van der Waals surface area contributed by atoms with E-state index in [-0.39, 0.29) is 5.97 Å². The molecule has 0 bridgehead atoms. The van der Waals surface area contributed by atoms with Gasteiger partial charge in [0.2, 0.25) is 0 Å². The van der Waals surface area contributed by atoms with E-state index in [1.54, 1.807) is 0 Å². The van der Waals surface area contributed by atoms with Gasteiger partial charge in [-0.15, -0.1) is 0 Å². The predicted molar refractivity (Wildman–Crippen MR) is 115 cm³/mol. The lowest BCUT2D eigenvalue weighted by molar-refractivity contribution is -0.145. The normalized spacial score (nSPS) is 11.2. The van der Waals surface area contributed by atoms with Gasteiger partial charge >= 0.3 is 5.97 Å². The van der Waals surface area contributed by atoms with Gasteiger partial charge in [-0.2, -0.15) is 0 Å². The predicted octanol–water partition coefficient (Wildman–Crippen LogP) is 8.23. The molecule has 0 fully saturated rings. The second-order valence-electron chi connectivity index (χ2n) is 8.11. The molecule has 0 spiro atoms. The molecule has 0 heterocycles. The summed E-state index contributed by atoms with van der Waals surface area (Å²) in [5.74, 6) is 0.596. The first-order valence-electron chi connectivity index (χ1n) is 11.9. The molecule has 0 radical (unpaired) electrons. The van der Waals surface area contributed by atoms with Gasteiger partial charge in [0.15, 0.2) is 0 Å². The van der Waals surface area contributed by atoms with Crippen LogP contribution in [0.3, 0.4) is 0 Å². The van der Waals surface area contributed by atoms with Gasteiger partial charge in [0.25, 0.3) is 0 Å². The summed E-state index contributed by atoms with van der Waals surface area (Å²) in [6.45, 7) is 7.38. The van der Waals surface area contributed by atoms with E-state index in [1.807, 2.05) is 0 Å². The summed E-state index contributed by atoms with van der Waals surface area (Å²) in [4.78, 5) is 12.2. The van der Waals surface area contributed by atoms with Crippen molar-refractivity contribution in [3.63, 3.8) is 0 Å². The first-order chi connectivity index (χ1) is 12.7. The van der Waals surface area contributed by atoms with Crippen molar-refractivity contribution in [2.24, 2.45) is 5.92 Å². The molecular formula is C24H48O2. The summed E-state index contributed by atoms with van der Waals surface area (Å²) in [7, 11) is 0. The zero-order valence-electron chi connectivity index (χ0n) is 18.3. The smallest absolute Gasteiger partial charge is 0.306 e. The number of hydrogen-bond acceptors (Lipinski definition) is 2. The molecule has 0 aliphatic carbocycles. The van der Waals surface area contributed by atoms with Crippen LogP contribution in [0, 0.1) is 5.92 Å². The Hall–Kier alpha value is -0.530. The largest absolute Gasteiger partial charge is 0.466 e. The van der Waals surface area contributed by atoms with Gasteiger partial charge in [0.1, 0.15) is 0 Å². The average molecular weight is 369 g/mol. The van der Waals surface area contributed by atoms with Crippen LogP contribution in [0.4, 0.5) is 0 Å². The van der Waals surface area contributed by atoms with Crippen LogP contribution in [0.1, 0.15) is 136 Å². The Kier molecular flexibility index (Phi) is 20.4. The van der Waals surface area contributed by atoms with Crippen molar-refractivity contribution in [3.8, 4) is 0 Å². The number of hydrogen-bond donors (Lipinski definition) is 0. The van der Waals surface area contributed by atoms with Crippen molar-refractivity contribution >= 4 is 5.97 Å². The van der Waals surface area contributed by atoms with Crippen LogP contribution >= 0.6 is 0 Å². The Labute approximate surface area is 164 Å². The van der Waals surface area contributed by atoms with Crippen LogP contribution in [0.5, 0.6) is 0 Å². The summed E-state index contributed by atoms with van der Waals surface area (Å²) < 4.78 is 5.50. The van der Waals surface area contributed by atoms with Gasteiger partial charge in [-0.25, -0.2) is 0 Å². The molecule has 2 heteroatoms. The van der Waals surface area contributed by atoms with Crippen LogP contribution in [-0.2, 0) is 9.53 Å². The number of unbranched alkanes of at least 4 members (excludes halogenated alkanes) is 12. The molecule has 0 aliphatic rings. The maximum Gasteiger partial charge on any atom is 0.306 e. The maximum atomic E-state index is 12.2. The van der Waals surface area contributed by atoms with Crippen molar-refractivity contribution in [2.75, 3.05) is 6.61 Å². The fourth-order valence-corrected chi connectivity index (χ4v) is 3.61. The molecule has 0 rings (SSSR count). The van der Waals surface area contributed by atoms with Gasteiger partial charge < -0.3 is 4.74 Å². The molecule has 0 atom stereocenters. The fraction of sp³-hybridized carbons (Fsp3) is 0.958. The van der Waals surface area contributed by atoms with Gasteiger partial charge in [0, 0.05) is 6.42 Å². The van der Waals surface area contributed by atoms with Crippen molar-refractivity contribution in [3.05, 3.63) is 0 Å². The first kappa shape index (κ1) is 25.5. The quantitative estimate of drug-likeness (QED) is 0.160. The summed E-state index contributed by atoms with van der Waals surface area (Å²) >= 11 is 0. The van der Waals surface area contributed by atoms with Gasteiger partial charge in [-0.05, 0) is 25.2 Å². The maximum absolute atomic E-state index is 12.2. The van der Waals surface area contributed by atoms with Crippen LogP contribution in [0.25, 0.3) is 0 Å². The van der Waals surface area contributed by atoms with Gasteiger partial charge in [-0.3, -0.25) is 4.79 Å². The number of esters is 1. The number of rotatable bonds is 20. The highest BCUT2D eigenvalue weighted by Gasteiger charge is 2.14. The summed E-state index contributed by atoms with van der Waals surface area (Å²) in [6, 6.07) is 0. The van der Waals surface area contributed by atoms with Gasteiger partial charge in [0.05, 0.1) is 6.61 Å². The number of ether oxygens (including phenoxy) is 1. The fourth-order valence-electron chi connectivity index (χ4n) is 3.61. The molecule has 0 amide bonds. The Morgan fingerprint density at radius 1 is 0.615 bits per heavy atom. The minimum Gasteiger partial charge on any atom is -0.466 e. The highest BCUT2D eigenvalue weighted by molar-refractivity contribution is 5.69. The van der Waals surface area contributed by atoms with Crippen LogP contribution in [0.15, 0.2) is 0 Å². The second-order valence-corrected chi connectivity index (χ2v) is 8.11. The molecule has 0 aromatic heterocycles. The minimum absolute atomic E-state index is 0.0487. The van der Waals surface area contributed by atoms with E-state index in [1.165, 1.54) is 103 Å². The zero-order valence-corrected chi connectivity index (χ0v) is 18.3. The van der Waals surface area contributed by atoms with Crippen LogP contribution < -0.4 is 0 Å². The first-order valence-corrected chi connectivity index (χ1v) is 11.9. The van der Waals surface area contributed by atoms with E-state index < -0.39 is 0 Å².